The fraction of sp³-hybridized carbons (Fsp3) is 0.292. The van der Waals surface area contributed by atoms with Crippen LogP contribution in [0.25, 0.3) is 0 Å². The van der Waals surface area contributed by atoms with Crippen LogP contribution in [0.2, 0.25) is 0 Å². The number of nitrogen functional groups attached to an aromatic ring is 1. The summed E-state index contributed by atoms with van der Waals surface area (Å²) < 4.78 is 28.0. The highest BCUT2D eigenvalue weighted by Gasteiger charge is 2.27. The topological polar surface area (TPSA) is 109 Å². The van der Waals surface area contributed by atoms with Gasteiger partial charge in [0.05, 0.1) is 12.2 Å². The second-order valence-electron chi connectivity index (χ2n) is 8.17. The zero-order valence-corrected chi connectivity index (χ0v) is 19.3. The predicted octanol–water partition coefficient (Wildman–Crippen LogP) is 3.75. The number of anilines is 2. The molecule has 10 heteroatoms. The molecule has 0 saturated carbocycles. The molecule has 1 aromatic heterocycles. The van der Waals surface area contributed by atoms with E-state index in [1.165, 1.54) is 6.07 Å². The summed E-state index contributed by atoms with van der Waals surface area (Å²) in [6.07, 6.45) is 1.30. The van der Waals surface area contributed by atoms with Crippen molar-refractivity contribution in [2.24, 2.45) is 0 Å². The SMILES string of the molecule is Cc1ccc(C(=O)N2CCC(Nc3nc(N)c(C(=O)c4c(F)cccc4F)s3)CC2)cc1CO. The second kappa shape index (κ2) is 9.86. The molecule has 0 unspecified atom stereocenters. The van der Waals surface area contributed by atoms with Crippen molar-refractivity contribution in [1.82, 2.24) is 9.88 Å². The Labute approximate surface area is 199 Å². The van der Waals surface area contributed by atoms with Crippen molar-refractivity contribution < 1.29 is 23.5 Å². The van der Waals surface area contributed by atoms with Crippen molar-refractivity contribution in [3.05, 3.63) is 75.2 Å². The van der Waals surface area contributed by atoms with Crippen LogP contribution in [-0.4, -0.2) is 45.8 Å². The molecule has 2 aromatic carbocycles. The molecule has 34 heavy (non-hydrogen) atoms. The number of carbonyl (C=O) groups is 2. The molecule has 3 aromatic rings. The Morgan fingerprint density at radius 3 is 2.53 bits per heavy atom. The lowest BCUT2D eigenvalue weighted by molar-refractivity contribution is 0.0718. The maximum atomic E-state index is 14.0. The molecule has 0 atom stereocenters. The minimum Gasteiger partial charge on any atom is -0.392 e. The summed E-state index contributed by atoms with van der Waals surface area (Å²) >= 11 is 0.949. The Morgan fingerprint density at radius 1 is 1.21 bits per heavy atom. The van der Waals surface area contributed by atoms with Crippen LogP contribution >= 0.6 is 11.3 Å². The molecule has 4 rings (SSSR count). The van der Waals surface area contributed by atoms with Crippen molar-refractivity contribution in [2.75, 3.05) is 24.1 Å². The van der Waals surface area contributed by atoms with Gasteiger partial charge in [-0.1, -0.05) is 23.5 Å². The molecule has 4 N–H and O–H groups in total. The molecule has 1 saturated heterocycles. The number of nitrogens with one attached hydrogen (secondary N) is 1. The molecule has 1 fully saturated rings. The first kappa shape index (κ1) is 23.8. The molecule has 1 aliphatic heterocycles. The molecule has 2 heterocycles. The number of hydrogen-bond acceptors (Lipinski definition) is 7. The number of hydrogen-bond donors (Lipinski definition) is 3. The van der Waals surface area contributed by atoms with Crippen molar-refractivity contribution in [1.29, 1.82) is 0 Å². The number of piperidine rings is 1. The lowest BCUT2D eigenvalue weighted by Crippen LogP contribution is -2.42. The molecule has 1 amide bonds. The first-order valence-electron chi connectivity index (χ1n) is 10.8. The van der Waals surface area contributed by atoms with Gasteiger partial charge in [-0.3, -0.25) is 9.59 Å². The second-order valence-corrected chi connectivity index (χ2v) is 9.17. The number of nitrogens with two attached hydrogens (primary N) is 1. The summed E-state index contributed by atoms with van der Waals surface area (Å²) in [6, 6.07) is 8.52. The van der Waals surface area contributed by atoms with Gasteiger partial charge in [-0.05, 0) is 55.2 Å². The Bertz CT molecular complexity index is 1220. The van der Waals surface area contributed by atoms with Gasteiger partial charge in [-0.2, -0.15) is 0 Å². The van der Waals surface area contributed by atoms with Gasteiger partial charge in [-0.25, -0.2) is 13.8 Å². The highest BCUT2D eigenvalue weighted by atomic mass is 32.1. The zero-order valence-electron chi connectivity index (χ0n) is 18.5. The molecule has 0 bridgehead atoms. The minimum atomic E-state index is -0.955. The summed E-state index contributed by atoms with van der Waals surface area (Å²) in [6.45, 7) is 2.80. The van der Waals surface area contributed by atoms with E-state index < -0.39 is 23.0 Å². The quantitative estimate of drug-likeness (QED) is 0.458. The molecule has 0 radical (unpaired) electrons. The van der Waals surface area contributed by atoms with E-state index in [0.29, 0.717) is 36.6 Å². The number of rotatable bonds is 6. The lowest BCUT2D eigenvalue weighted by Gasteiger charge is -2.32. The number of thiazole rings is 1. The van der Waals surface area contributed by atoms with Gasteiger partial charge in [0.15, 0.2) is 5.13 Å². The van der Waals surface area contributed by atoms with Crippen LogP contribution in [0.3, 0.4) is 0 Å². The number of halogens is 2. The van der Waals surface area contributed by atoms with Gasteiger partial charge in [0.1, 0.15) is 22.3 Å². The predicted molar refractivity (Wildman–Crippen MR) is 126 cm³/mol. The third-order valence-electron chi connectivity index (χ3n) is 5.93. The third-order valence-corrected chi connectivity index (χ3v) is 6.93. The van der Waals surface area contributed by atoms with E-state index in [1.54, 1.807) is 17.0 Å². The Kier molecular flexibility index (Phi) is 6.90. The number of aliphatic hydroxyl groups is 1. The fourth-order valence-corrected chi connectivity index (χ4v) is 4.85. The van der Waals surface area contributed by atoms with Crippen molar-refractivity contribution in [3.8, 4) is 0 Å². The smallest absolute Gasteiger partial charge is 0.253 e. The zero-order chi connectivity index (χ0) is 24.4. The minimum absolute atomic E-state index is 0.00577. The number of nitrogens with zero attached hydrogens (tertiary/aromatic N) is 2. The summed E-state index contributed by atoms with van der Waals surface area (Å²) in [7, 11) is 0. The molecule has 0 aliphatic carbocycles. The van der Waals surface area contributed by atoms with Crippen LogP contribution in [0.5, 0.6) is 0 Å². The number of ketones is 1. The molecular formula is C24H24F2N4O3S. The fourth-order valence-electron chi connectivity index (χ4n) is 3.94. The van der Waals surface area contributed by atoms with Gasteiger partial charge in [0.25, 0.3) is 5.91 Å². The summed E-state index contributed by atoms with van der Waals surface area (Å²) in [4.78, 5) is 31.4. The highest BCUT2D eigenvalue weighted by Crippen LogP contribution is 2.30. The monoisotopic (exact) mass is 486 g/mol. The van der Waals surface area contributed by atoms with Gasteiger partial charge in [0, 0.05) is 24.7 Å². The van der Waals surface area contributed by atoms with E-state index in [0.717, 1.165) is 34.6 Å². The van der Waals surface area contributed by atoms with E-state index in [-0.39, 0.29) is 29.3 Å². The maximum Gasteiger partial charge on any atom is 0.253 e. The highest BCUT2D eigenvalue weighted by molar-refractivity contribution is 7.18. The standard InChI is InChI=1S/C24H24F2N4O3S/c1-13-5-6-14(11-15(13)12-31)23(33)30-9-7-16(8-10-30)28-24-29-22(27)21(34-24)20(32)19-17(25)3-2-4-18(19)26/h2-6,11,16,31H,7-10,12,27H2,1H3,(H,28,29). The van der Waals surface area contributed by atoms with Gasteiger partial charge < -0.3 is 21.1 Å². The van der Waals surface area contributed by atoms with Gasteiger partial charge in [0.2, 0.25) is 5.78 Å². The van der Waals surface area contributed by atoms with Crippen LogP contribution < -0.4 is 11.1 Å². The average molecular weight is 487 g/mol. The van der Waals surface area contributed by atoms with E-state index in [1.807, 2.05) is 13.0 Å². The first-order valence-corrected chi connectivity index (χ1v) is 11.6. The van der Waals surface area contributed by atoms with Crippen LogP contribution in [-0.2, 0) is 6.61 Å². The summed E-state index contributed by atoms with van der Waals surface area (Å²) in [5, 5.41) is 13.1. The van der Waals surface area contributed by atoms with E-state index >= 15 is 0 Å². The Morgan fingerprint density at radius 2 is 1.88 bits per heavy atom. The van der Waals surface area contributed by atoms with Crippen molar-refractivity contribution in [2.45, 2.75) is 32.4 Å². The van der Waals surface area contributed by atoms with Gasteiger partial charge in [-0.15, -0.1) is 0 Å². The summed E-state index contributed by atoms with van der Waals surface area (Å²) in [5.74, 6) is -2.94. The van der Waals surface area contributed by atoms with Crippen molar-refractivity contribution in [3.63, 3.8) is 0 Å². The number of amides is 1. The largest absolute Gasteiger partial charge is 0.392 e. The maximum absolute atomic E-state index is 14.0. The number of carbonyl (C=O) groups excluding carboxylic acids is 2. The Balaban J connectivity index is 1.39. The number of benzene rings is 2. The van der Waals surface area contributed by atoms with Crippen LogP contribution in [0.4, 0.5) is 19.7 Å². The molecule has 1 aliphatic rings. The Hall–Kier alpha value is -3.37. The normalized spacial score (nSPS) is 14.3. The molecular weight excluding hydrogens is 462 g/mol. The number of aliphatic hydroxyl groups excluding tert-OH is 1. The average Bonchev–Trinajstić information content (AvgIpc) is 3.19. The first-order chi connectivity index (χ1) is 16.3. The van der Waals surface area contributed by atoms with Crippen molar-refractivity contribution >= 4 is 34.0 Å². The molecule has 7 nitrogen and oxygen atoms in total. The van der Waals surface area contributed by atoms with Crippen LogP contribution in [0.1, 0.15) is 49.6 Å². The van der Waals surface area contributed by atoms with Crippen LogP contribution in [0, 0.1) is 18.6 Å². The van der Waals surface area contributed by atoms with E-state index in [4.69, 9.17) is 5.73 Å². The van der Waals surface area contributed by atoms with E-state index in [9.17, 15) is 23.5 Å². The number of aryl methyl sites for hydroxylation is 1. The third kappa shape index (κ3) is 4.78. The van der Waals surface area contributed by atoms with Gasteiger partial charge >= 0.3 is 0 Å². The molecule has 178 valence electrons. The molecule has 0 spiro atoms. The number of likely N-dealkylation sites (tertiary alicyclic amines) is 1. The lowest BCUT2D eigenvalue weighted by atomic mass is 10.0. The van der Waals surface area contributed by atoms with E-state index in [2.05, 4.69) is 10.3 Å². The van der Waals surface area contributed by atoms with Crippen LogP contribution in [0.15, 0.2) is 36.4 Å². The number of aromatic nitrogens is 1. The summed E-state index contributed by atoms with van der Waals surface area (Å²) in [5.41, 5.74) is 7.41.